The van der Waals surface area contributed by atoms with Crippen LogP contribution in [0.1, 0.15) is 5.56 Å². The number of nitrogens with zero attached hydrogens (tertiary/aromatic N) is 1. The smallest absolute Gasteiger partial charge is 0.264 e. The largest absolute Gasteiger partial charge is 0.483 e. The van der Waals surface area contributed by atoms with Crippen LogP contribution in [-0.2, 0) is 9.59 Å². The molecule has 2 aromatic carbocycles. The van der Waals surface area contributed by atoms with Gasteiger partial charge in [0.1, 0.15) is 5.75 Å². The molecular weight excluding hydrogens is 454 g/mol. The number of thioether (sulfide) groups is 1. The minimum absolute atomic E-state index is 0.250. The summed E-state index contributed by atoms with van der Waals surface area (Å²) >= 11 is 10.5. The van der Waals surface area contributed by atoms with E-state index in [9.17, 15) is 9.59 Å². The molecule has 2 amide bonds. The van der Waals surface area contributed by atoms with E-state index in [0.29, 0.717) is 32.1 Å². The summed E-state index contributed by atoms with van der Waals surface area (Å²) in [7, 11) is 0. The van der Waals surface area contributed by atoms with Crippen molar-refractivity contribution in [3.63, 3.8) is 0 Å². The Hall–Kier alpha value is -2.29. The van der Waals surface area contributed by atoms with Crippen molar-refractivity contribution < 1.29 is 14.3 Å². The van der Waals surface area contributed by atoms with E-state index in [2.05, 4.69) is 26.2 Å². The molecule has 138 valence electrons. The topological polar surface area (TPSA) is 93.8 Å². The fourth-order valence-electron chi connectivity index (χ4n) is 2.17. The quantitative estimate of drug-likeness (QED) is 0.654. The summed E-state index contributed by atoms with van der Waals surface area (Å²) in [6.45, 7) is -0.250. The number of benzene rings is 2. The van der Waals surface area contributed by atoms with Gasteiger partial charge in [-0.2, -0.15) is 0 Å². The molecule has 1 aliphatic rings. The van der Waals surface area contributed by atoms with Gasteiger partial charge in [-0.05, 0) is 60.3 Å². The van der Waals surface area contributed by atoms with Gasteiger partial charge in [-0.25, -0.2) is 4.99 Å². The number of ether oxygens (including phenoxy) is 1. The molecule has 0 bridgehead atoms. The molecule has 0 aliphatic carbocycles. The third kappa shape index (κ3) is 5.35. The maximum absolute atomic E-state index is 12.3. The number of amides is 2. The Bertz CT molecular complexity index is 961. The number of rotatable bonds is 5. The van der Waals surface area contributed by atoms with Crippen LogP contribution >= 0.6 is 39.3 Å². The Morgan fingerprint density at radius 3 is 2.74 bits per heavy atom. The van der Waals surface area contributed by atoms with E-state index in [1.165, 1.54) is 11.8 Å². The first-order valence-corrected chi connectivity index (χ1v) is 9.65. The number of nitrogens with one attached hydrogen (secondary N) is 1. The van der Waals surface area contributed by atoms with Crippen molar-refractivity contribution in [2.75, 3.05) is 6.61 Å². The number of nitrogens with two attached hydrogens (primary N) is 1. The van der Waals surface area contributed by atoms with Crippen LogP contribution in [-0.4, -0.2) is 23.6 Å². The first-order valence-electron chi connectivity index (χ1n) is 7.66. The van der Waals surface area contributed by atoms with Crippen LogP contribution in [0.5, 0.6) is 5.75 Å². The number of carbonyl (C=O) groups excluding carboxylic acids is 2. The number of primary amides is 1. The van der Waals surface area contributed by atoms with Gasteiger partial charge >= 0.3 is 0 Å². The van der Waals surface area contributed by atoms with Crippen molar-refractivity contribution in [3.05, 3.63) is 62.4 Å². The average Bonchev–Trinajstić information content (AvgIpc) is 2.95. The lowest BCUT2D eigenvalue weighted by Crippen LogP contribution is -2.20. The molecule has 27 heavy (non-hydrogen) atoms. The summed E-state index contributed by atoms with van der Waals surface area (Å²) in [6, 6.07) is 12.2. The Kier molecular flexibility index (Phi) is 6.20. The highest BCUT2D eigenvalue weighted by Crippen LogP contribution is 2.32. The fourth-order valence-corrected chi connectivity index (χ4v) is 3.50. The van der Waals surface area contributed by atoms with E-state index in [0.717, 1.165) is 4.47 Å². The van der Waals surface area contributed by atoms with Crippen LogP contribution in [0, 0.1) is 0 Å². The number of amidine groups is 1. The summed E-state index contributed by atoms with van der Waals surface area (Å²) in [4.78, 5) is 28.1. The van der Waals surface area contributed by atoms with E-state index >= 15 is 0 Å². The number of carbonyl (C=O) groups is 2. The fraction of sp³-hybridized carbons (Fsp3) is 0.0556. The molecule has 0 spiro atoms. The molecule has 2 aromatic rings. The van der Waals surface area contributed by atoms with Gasteiger partial charge in [0.2, 0.25) is 0 Å². The van der Waals surface area contributed by atoms with E-state index in [4.69, 9.17) is 22.1 Å². The zero-order valence-corrected chi connectivity index (χ0v) is 16.9. The second-order valence-electron chi connectivity index (χ2n) is 5.40. The minimum Gasteiger partial charge on any atom is -0.483 e. The standard InChI is InChI=1S/C18H13BrClN3O3S/c19-11-1-6-14(26-9-16(21)24)10(7-11)8-15-17(25)23-18(27-15)22-13-4-2-12(20)3-5-13/h1-8H,9H2,(H2,21,24)(H,22,23,25)/b15-8-. The molecule has 9 heteroatoms. The van der Waals surface area contributed by atoms with E-state index < -0.39 is 5.91 Å². The van der Waals surface area contributed by atoms with Gasteiger partial charge in [0, 0.05) is 15.1 Å². The van der Waals surface area contributed by atoms with Crippen molar-refractivity contribution in [2.45, 2.75) is 0 Å². The van der Waals surface area contributed by atoms with Crippen LogP contribution in [0.4, 0.5) is 5.69 Å². The lowest BCUT2D eigenvalue weighted by molar-refractivity contribution is -0.120. The first kappa shape index (κ1) is 19.5. The Balaban J connectivity index is 1.85. The number of hydrogen-bond acceptors (Lipinski definition) is 5. The number of halogens is 2. The van der Waals surface area contributed by atoms with Gasteiger partial charge in [-0.3, -0.25) is 9.59 Å². The molecule has 3 rings (SSSR count). The van der Waals surface area contributed by atoms with E-state index in [1.807, 2.05) is 0 Å². The number of aliphatic imine (C=N–C) groups is 1. The highest BCUT2D eigenvalue weighted by atomic mass is 79.9. The summed E-state index contributed by atoms with van der Waals surface area (Å²) < 4.78 is 6.21. The van der Waals surface area contributed by atoms with Crippen molar-refractivity contribution in [1.82, 2.24) is 5.32 Å². The van der Waals surface area contributed by atoms with Crippen LogP contribution in [0.3, 0.4) is 0 Å². The SMILES string of the molecule is NC(=O)COc1ccc(Br)cc1/C=C1\SC(=Nc2ccc(Cl)cc2)NC1=O. The maximum Gasteiger partial charge on any atom is 0.264 e. The van der Waals surface area contributed by atoms with Gasteiger partial charge in [0.15, 0.2) is 11.8 Å². The van der Waals surface area contributed by atoms with Gasteiger partial charge < -0.3 is 15.8 Å². The molecule has 0 unspecified atom stereocenters. The number of hydrogen-bond donors (Lipinski definition) is 2. The Morgan fingerprint density at radius 1 is 1.30 bits per heavy atom. The van der Waals surface area contributed by atoms with Crippen molar-refractivity contribution >= 4 is 68.0 Å². The molecular formula is C18H13BrClN3O3S. The molecule has 1 heterocycles. The van der Waals surface area contributed by atoms with E-state index in [-0.39, 0.29) is 12.5 Å². The zero-order chi connectivity index (χ0) is 19.4. The summed E-state index contributed by atoms with van der Waals surface area (Å²) in [5, 5.41) is 3.79. The van der Waals surface area contributed by atoms with Crippen LogP contribution in [0.2, 0.25) is 5.02 Å². The summed E-state index contributed by atoms with van der Waals surface area (Å²) in [5.41, 5.74) is 6.44. The van der Waals surface area contributed by atoms with Crippen LogP contribution in [0.15, 0.2) is 56.8 Å². The molecule has 0 radical (unpaired) electrons. The molecule has 1 saturated heterocycles. The van der Waals surface area contributed by atoms with Crippen molar-refractivity contribution in [2.24, 2.45) is 10.7 Å². The lowest BCUT2D eigenvalue weighted by atomic mass is 10.2. The highest BCUT2D eigenvalue weighted by molar-refractivity contribution is 9.10. The molecule has 3 N–H and O–H groups in total. The highest BCUT2D eigenvalue weighted by Gasteiger charge is 2.24. The van der Waals surface area contributed by atoms with Crippen LogP contribution in [0.25, 0.3) is 6.08 Å². The molecule has 0 saturated carbocycles. The minimum atomic E-state index is -0.582. The van der Waals surface area contributed by atoms with Gasteiger partial charge in [0.25, 0.3) is 11.8 Å². The van der Waals surface area contributed by atoms with Gasteiger partial charge in [-0.15, -0.1) is 0 Å². The second kappa shape index (κ2) is 8.60. The molecule has 0 atom stereocenters. The van der Waals surface area contributed by atoms with E-state index in [1.54, 1.807) is 48.5 Å². The zero-order valence-electron chi connectivity index (χ0n) is 13.7. The second-order valence-corrected chi connectivity index (χ2v) is 7.78. The monoisotopic (exact) mass is 465 g/mol. The van der Waals surface area contributed by atoms with Crippen molar-refractivity contribution in [1.29, 1.82) is 0 Å². The molecule has 6 nitrogen and oxygen atoms in total. The van der Waals surface area contributed by atoms with Crippen molar-refractivity contribution in [3.8, 4) is 5.75 Å². The Labute approximate surface area is 172 Å². The average molecular weight is 467 g/mol. The molecule has 1 fully saturated rings. The predicted molar refractivity (Wildman–Crippen MR) is 111 cm³/mol. The molecule has 1 aliphatic heterocycles. The lowest BCUT2D eigenvalue weighted by Gasteiger charge is -2.08. The normalized spacial score (nSPS) is 16.6. The van der Waals surface area contributed by atoms with Gasteiger partial charge in [-0.1, -0.05) is 27.5 Å². The van der Waals surface area contributed by atoms with Gasteiger partial charge in [0.05, 0.1) is 10.6 Å². The third-order valence-electron chi connectivity index (χ3n) is 3.34. The summed E-state index contributed by atoms with van der Waals surface area (Å²) in [5.74, 6) is -0.406. The summed E-state index contributed by atoms with van der Waals surface area (Å²) in [6.07, 6.45) is 1.67. The predicted octanol–water partition coefficient (Wildman–Crippen LogP) is 3.86. The van der Waals surface area contributed by atoms with Crippen LogP contribution < -0.4 is 15.8 Å². The maximum atomic E-state index is 12.3. The third-order valence-corrected chi connectivity index (χ3v) is 4.99. The molecule has 0 aromatic heterocycles. The Morgan fingerprint density at radius 2 is 2.04 bits per heavy atom. The first-order chi connectivity index (χ1) is 12.9.